The molecular formula is C22H19FN6O2. The number of fused-ring (bicyclic) bond motifs is 1. The number of carbonyl (C=O) groups excluding carboxylic acids is 1. The van der Waals surface area contributed by atoms with Crippen molar-refractivity contribution in [2.45, 2.75) is 0 Å². The minimum atomic E-state index is -0.375. The molecule has 0 saturated carbocycles. The molecule has 0 unspecified atom stereocenters. The van der Waals surface area contributed by atoms with Gasteiger partial charge in [0.1, 0.15) is 22.7 Å². The van der Waals surface area contributed by atoms with Crippen LogP contribution in [0.2, 0.25) is 0 Å². The van der Waals surface area contributed by atoms with E-state index >= 15 is 0 Å². The second kappa shape index (κ2) is 8.02. The number of halogens is 1. The molecule has 0 radical (unpaired) electrons. The van der Waals surface area contributed by atoms with Gasteiger partial charge in [-0.2, -0.15) is 0 Å². The third-order valence-electron chi connectivity index (χ3n) is 5.32. The summed E-state index contributed by atoms with van der Waals surface area (Å²) in [6, 6.07) is 15.4. The van der Waals surface area contributed by atoms with Crippen LogP contribution >= 0.6 is 0 Å². The van der Waals surface area contributed by atoms with Crippen LogP contribution in [-0.4, -0.2) is 47.4 Å². The van der Waals surface area contributed by atoms with Gasteiger partial charge in [-0.05, 0) is 58.8 Å². The second-order valence-electron chi connectivity index (χ2n) is 7.25. The molecule has 5 rings (SSSR count). The minimum absolute atomic E-state index is 0.360. The summed E-state index contributed by atoms with van der Waals surface area (Å²) >= 11 is 0. The minimum Gasteiger partial charge on any atom is -0.366 e. The molecule has 1 amide bonds. The molecule has 2 aromatic carbocycles. The van der Waals surface area contributed by atoms with Gasteiger partial charge in [-0.3, -0.25) is 4.79 Å². The van der Waals surface area contributed by atoms with Gasteiger partial charge in [-0.15, -0.1) is 0 Å². The predicted molar refractivity (Wildman–Crippen MR) is 115 cm³/mol. The maximum atomic E-state index is 14.8. The van der Waals surface area contributed by atoms with E-state index in [0.29, 0.717) is 41.1 Å². The van der Waals surface area contributed by atoms with Gasteiger partial charge >= 0.3 is 0 Å². The Kier molecular flexibility index (Phi) is 4.91. The van der Waals surface area contributed by atoms with Crippen molar-refractivity contribution in [3.05, 3.63) is 72.2 Å². The number of pyridine rings is 1. The van der Waals surface area contributed by atoms with Crippen molar-refractivity contribution in [1.82, 2.24) is 15.3 Å². The van der Waals surface area contributed by atoms with Crippen LogP contribution in [0.3, 0.4) is 0 Å². The lowest BCUT2D eigenvalue weighted by atomic mass is 10.1. The van der Waals surface area contributed by atoms with Gasteiger partial charge in [0.15, 0.2) is 0 Å². The van der Waals surface area contributed by atoms with E-state index < -0.39 is 0 Å². The van der Waals surface area contributed by atoms with E-state index in [2.05, 4.69) is 30.1 Å². The molecule has 1 aliphatic rings. The lowest BCUT2D eigenvalue weighted by Gasteiger charge is -2.36. The molecule has 0 spiro atoms. The molecule has 2 aromatic heterocycles. The van der Waals surface area contributed by atoms with Crippen LogP contribution in [0.5, 0.6) is 0 Å². The Balaban J connectivity index is 1.25. The fraction of sp³-hybridized carbons (Fsp3) is 0.182. The maximum Gasteiger partial charge on any atom is 0.255 e. The van der Waals surface area contributed by atoms with E-state index in [-0.39, 0.29) is 11.7 Å². The molecule has 0 atom stereocenters. The van der Waals surface area contributed by atoms with Crippen molar-refractivity contribution >= 4 is 34.1 Å². The summed E-state index contributed by atoms with van der Waals surface area (Å²) in [5, 5.41) is 10.2. The molecule has 3 heterocycles. The van der Waals surface area contributed by atoms with Gasteiger partial charge in [-0.25, -0.2) is 14.0 Å². The van der Waals surface area contributed by atoms with Gasteiger partial charge in [0, 0.05) is 43.6 Å². The fourth-order valence-corrected chi connectivity index (χ4v) is 3.68. The van der Waals surface area contributed by atoms with E-state index in [1.54, 1.807) is 36.5 Å². The summed E-state index contributed by atoms with van der Waals surface area (Å²) < 4.78 is 19.5. The van der Waals surface area contributed by atoms with Crippen molar-refractivity contribution in [1.29, 1.82) is 0 Å². The maximum absolute atomic E-state index is 14.8. The van der Waals surface area contributed by atoms with Gasteiger partial charge in [0.25, 0.3) is 5.91 Å². The summed E-state index contributed by atoms with van der Waals surface area (Å²) in [6.07, 6.45) is 1.77. The van der Waals surface area contributed by atoms with E-state index in [9.17, 15) is 9.18 Å². The molecule has 0 aliphatic carbocycles. The van der Waals surface area contributed by atoms with Crippen LogP contribution in [0.4, 0.5) is 21.6 Å². The first-order valence-corrected chi connectivity index (χ1v) is 9.91. The Morgan fingerprint density at radius 2 is 1.74 bits per heavy atom. The van der Waals surface area contributed by atoms with E-state index in [4.69, 9.17) is 0 Å². The predicted octanol–water partition coefficient (Wildman–Crippen LogP) is 3.34. The quantitative estimate of drug-likeness (QED) is 0.544. The zero-order valence-electron chi connectivity index (χ0n) is 16.5. The number of amides is 1. The first-order valence-electron chi connectivity index (χ1n) is 9.91. The summed E-state index contributed by atoms with van der Waals surface area (Å²) in [4.78, 5) is 21.1. The summed E-state index contributed by atoms with van der Waals surface area (Å²) in [7, 11) is 0. The van der Waals surface area contributed by atoms with Crippen LogP contribution < -0.4 is 15.1 Å². The third kappa shape index (κ3) is 3.89. The van der Waals surface area contributed by atoms with E-state index in [1.165, 1.54) is 6.07 Å². The van der Waals surface area contributed by atoms with Crippen LogP contribution in [0.25, 0.3) is 11.0 Å². The zero-order valence-corrected chi connectivity index (χ0v) is 16.5. The number of aromatic nitrogens is 3. The number of benzene rings is 2. The number of piperazine rings is 1. The highest BCUT2D eigenvalue weighted by atomic mass is 19.1. The summed E-state index contributed by atoms with van der Waals surface area (Å²) in [5.74, 6) is 0.196. The normalized spacial score (nSPS) is 14.1. The zero-order chi connectivity index (χ0) is 21.2. The largest absolute Gasteiger partial charge is 0.366 e. The lowest BCUT2D eigenvalue weighted by molar-refractivity contribution is 0.102. The van der Waals surface area contributed by atoms with Gasteiger partial charge in [0.2, 0.25) is 0 Å². The number of carbonyl (C=O) groups is 1. The average molecular weight is 418 g/mol. The Hall–Kier alpha value is -4.01. The van der Waals surface area contributed by atoms with Crippen molar-refractivity contribution in [3.8, 4) is 0 Å². The first kappa shape index (κ1) is 19.0. The number of hydrogen-bond donors (Lipinski definition) is 1. The molecule has 1 saturated heterocycles. The highest BCUT2D eigenvalue weighted by molar-refractivity contribution is 6.05. The number of nitrogens with one attached hydrogen (secondary N) is 1. The third-order valence-corrected chi connectivity index (χ3v) is 5.32. The number of hydrogen-bond acceptors (Lipinski definition) is 7. The van der Waals surface area contributed by atoms with Crippen LogP contribution in [0, 0.1) is 5.82 Å². The molecule has 9 heteroatoms. The molecule has 8 nitrogen and oxygen atoms in total. The Morgan fingerprint density at radius 3 is 2.52 bits per heavy atom. The average Bonchev–Trinajstić information content (AvgIpc) is 3.28. The van der Waals surface area contributed by atoms with Gasteiger partial charge in [0.05, 0.1) is 5.69 Å². The monoisotopic (exact) mass is 418 g/mol. The highest BCUT2D eigenvalue weighted by Crippen LogP contribution is 2.25. The molecule has 1 aliphatic heterocycles. The van der Waals surface area contributed by atoms with Crippen LogP contribution in [0.1, 0.15) is 10.4 Å². The molecule has 4 aromatic rings. The topological polar surface area (TPSA) is 87.4 Å². The standard InChI is InChI=1S/C22H19FN6O2/c23-17-14-16(25-22(30)15-4-6-18-19(13-15)27-31-26-18)5-7-20(17)28-9-11-29(12-10-28)21-3-1-2-8-24-21/h1-8,13-14H,9-12H2,(H,25,30). The van der Waals surface area contributed by atoms with Crippen LogP contribution in [0.15, 0.2) is 65.4 Å². The first-order chi connectivity index (χ1) is 15.2. The fourth-order valence-electron chi connectivity index (χ4n) is 3.68. The lowest BCUT2D eigenvalue weighted by Crippen LogP contribution is -2.47. The molecule has 31 heavy (non-hydrogen) atoms. The van der Waals surface area contributed by atoms with Gasteiger partial charge < -0.3 is 15.1 Å². The summed E-state index contributed by atoms with van der Waals surface area (Å²) in [5.41, 5.74) is 2.35. The van der Waals surface area contributed by atoms with Crippen molar-refractivity contribution in [2.24, 2.45) is 0 Å². The van der Waals surface area contributed by atoms with Gasteiger partial charge in [-0.1, -0.05) is 6.07 Å². The Bertz CT molecular complexity index is 1220. The Labute approximate surface area is 177 Å². The molecule has 1 N–H and O–H groups in total. The molecular weight excluding hydrogens is 399 g/mol. The number of rotatable bonds is 4. The van der Waals surface area contributed by atoms with E-state index in [1.807, 2.05) is 23.1 Å². The highest BCUT2D eigenvalue weighted by Gasteiger charge is 2.21. The van der Waals surface area contributed by atoms with Crippen molar-refractivity contribution in [2.75, 3.05) is 41.3 Å². The SMILES string of the molecule is O=C(Nc1ccc(N2CCN(c3ccccn3)CC2)c(F)c1)c1ccc2nonc2c1. The number of nitrogens with zero attached hydrogens (tertiary/aromatic N) is 5. The molecule has 0 bridgehead atoms. The van der Waals surface area contributed by atoms with E-state index in [0.717, 1.165) is 18.9 Å². The molecule has 1 fully saturated rings. The second-order valence-corrected chi connectivity index (χ2v) is 7.25. The van der Waals surface area contributed by atoms with Crippen molar-refractivity contribution in [3.63, 3.8) is 0 Å². The molecule has 156 valence electrons. The number of anilines is 3. The summed E-state index contributed by atoms with van der Waals surface area (Å²) in [6.45, 7) is 2.89. The van der Waals surface area contributed by atoms with Crippen LogP contribution in [-0.2, 0) is 0 Å². The van der Waals surface area contributed by atoms with Crippen molar-refractivity contribution < 1.29 is 13.8 Å². The smallest absolute Gasteiger partial charge is 0.255 e. The Morgan fingerprint density at radius 1 is 0.935 bits per heavy atom.